The Morgan fingerprint density at radius 1 is 1.00 bits per heavy atom. The van der Waals surface area contributed by atoms with Crippen LogP contribution >= 0.6 is 22.9 Å². The van der Waals surface area contributed by atoms with E-state index >= 15 is 0 Å². The van der Waals surface area contributed by atoms with Gasteiger partial charge in [0.25, 0.3) is 15.9 Å². The number of carbonyl (C=O) groups is 1. The quantitative estimate of drug-likeness (QED) is 0.367. The Labute approximate surface area is 192 Å². The lowest BCUT2D eigenvalue weighted by Gasteiger charge is -2.11. The molecule has 0 aliphatic heterocycles. The zero-order valence-electron chi connectivity index (χ0n) is 16.2. The molecule has 0 fully saturated rings. The Hall–Kier alpha value is -3.27. The lowest BCUT2D eigenvalue weighted by molar-refractivity contribution is 0.103. The first kappa shape index (κ1) is 21.9. The van der Waals surface area contributed by atoms with Gasteiger partial charge < -0.3 is 5.32 Å². The number of carbonyl (C=O) groups excluding carboxylic acids is 1. The average molecular weight is 488 g/mol. The molecule has 0 saturated carbocycles. The van der Waals surface area contributed by atoms with Crippen molar-refractivity contribution in [3.8, 4) is 10.6 Å². The molecule has 0 spiro atoms. The van der Waals surface area contributed by atoms with E-state index < -0.39 is 21.7 Å². The average Bonchev–Trinajstić information content (AvgIpc) is 3.26. The molecule has 0 saturated heterocycles. The second-order valence-electron chi connectivity index (χ2n) is 6.58. The van der Waals surface area contributed by atoms with Crippen LogP contribution in [0.25, 0.3) is 10.6 Å². The lowest BCUT2D eigenvalue weighted by atomic mass is 10.2. The minimum absolute atomic E-state index is 0.0495. The maximum absolute atomic E-state index is 14.0. The molecule has 0 unspecified atom stereocenters. The van der Waals surface area contributed by atoms with Gasteiger partial charge in [0.2, 0.25) is 0 Å². The second kappa shape index (κ2) is 9.07. The number of anilines is 2. The number of nitrogens with zero attached hydrogens (tertiary/aromatic N) is 1. The summed E-state index contributed by atoms with van der Waals surface area (Å²) >= 11 is 7.06. The fourth-order valence-electron chi connectivity index (χ4n) is 2.82. The van der Waals surface area contributed by atoms with Gasteiger partial charge in [-0.1, -0.05) is 41.9 Å². The summed E-state index contributed by atoms with van der Waals surface area (Å²) in [5.41, 5.74) is 0.821. The van der Waals surface area contributed by atoms with E-state index in [0.717, 1.165) is 11.3 Å². The van der Waals surface area contributed by atoms with Crippen molar-refractivity contribution >= 4 is 50.2 Å². The fourth-order valence-corrected chi connectivity index (χ4v) is 5.02. The number of sulfonamides is 1. The highest BCUT2D eigenvalue weighted by Crippen LogP contribution is 2.28. The normalized spacial score (nSPS) is 11.2. The van der Waals surface area contributed by atoms with Gasteiger partial charge in [0.05, 0.1) is 21.8 Å². The van der Waals surface area contributed by atoms with Gasteiger partial charge in [0.15, 0.2) is 0 Å². The van der Waals surface area contributed by atoms with Crippen LogP contribution in [-0.2, 0) is 10.0 Å². The summed E-state index contributed by atoms with van der Waals surface area (Å²) in [5.74, 6) is -0.920. The second-order valence-corrected chi connectivity index (χ2v) is 9.70. The molecule has 32 heavy (non-hydrogen) atoms. The van der Waals surface area contributed by atoms with Crippen LogP contribution in [0.3, 0.4) is 0 Å². The van der Waals surface area contributed by atoms with Gasteiger partial charge in [-0.3, -0.25) is 9.52 Å². The highest BCUT2D eigenvalue weighted by molar-refractivity contribution is 7.92. The molecule has 1 aromatic heterocycles. The van der Waals surface area contributed by atoms with Crippen LogP contribution in [0.2, 0.25) is 5.02 Å². The van der Waals surface area contributed by atoms with Gasteiger partial charge in [-0.25, -0.2) is 17.8 Å². The van der Waals surface area contributed by atoms with Crippen molar-refractivity contribution in [3.05, 3.63) is 94.7 Å². The van der Waals surface area contributed by atoms with Crippen LogP contribution in [0.1, 0.15) is 9.67 Å². The number of hydrogen-bond acceptors (Lipinski definition) is 5. The van der Waals surface area contributed by atoms with Crippen LogP contribution in [0.5, 0.6) is 0 Å². The molecular formula is C22H15ClFN3O3S2. The smallest absolute Gasteiger partial charge is 0.267 e. The lowest BCUT2D eigenvalue weighted by Crippen LogP contribution is -2.14. The zero-order valence-corrected chi connectivity index (χ0v) is 18.6. The predicted molar refractivity (Wildman–Crippen MR) is 124 cm³/mol. The molecule has 4 aromatic rings. The van der Waals surface area contributed by atoms with Gasteiger partial charge in [-0.15, -0.1) is 11.3 Å². The number of benzene rings is 3. The van der Waals surface area contributed by atoms with Crippen LogP contribution in [0.4, 0.5) is 15.8 Å². The summed E-state index contributed by atoms with van der Waals surface area (Å²) in [4.78, 5) is 17.0. The topological polar surface area (TPSA) is 88.2 Å². The number of para-hydroxylation sites is 1. The zero-order chi connectivity index (χ0) is 22.7. The van der Waals surface area contributed by atoms with Gasteiger partial charge in [-0.05, 0) is 42.5 Å². The number of rotatable bonds is 6. The fraction of sp³-hybridized carbons (Fsp3) is 0. The van der Waals surface area contributed by atoms with Crippen molar-refractivity contribution in [2.45, 2.75) is 4.90 Å². The van der Waals surface area contributed by atoms with Crippen LogP contribution in [-0.4, -0.2) is 19.3 Å². The number of amides is 1. The molecule has 6 nitrogen and oxygen atoms in total. The monoisotopic (exact) mass is 487 g/mol. The van der Waals surface area contributed by atoms with Crippen molar-refractivity contribution in [1.82, 2.24) is 4.98 Å². The molecule has 0 bridgehead atoms. The third-order valence-corrected chi connectivity index (χ3v) is 7.08. The SMILES string of the molecule is O=C(Nc1cccc(S(=O)(=O)Nc2ccccc2Cl)c1)c1cnc(-c2ccccc2F)s1. The van der Waals surface area contributed by atoms with Crippen molar-refractivity contribution in [1.29, 1.82) is 0 Å². The van der Waals surface area contributed by atoms with Crippen LogP contribution < -0.4 is 10.0 Å². The molecule has 162 valence electrons. The number of aromatic nitrogens is 1. The third kappa shape index (κ3) is 4.80. The first-order valence-corrected chi connectivity index (χ1v) is 11.9. The van der Waals surface area contributed by atoms with Gasteiger partial charge in [0, 0.05) is 11.3 Å². The molecule has 10 heteroatoms. The van der Waals surface area contributed by atoms with E-state index in [1.165, 1.54) is 30.5 Å². The van der Waals surface area contributed by atoms with Crippen molar-refractivity contribution in [2.75, 3.05) is 10.0 Å². The van der Waals surface area contributed by atoms with E-state index in [2.05, 4.69) is 15.0 Å². The number of hydrogen-bond donors (Lipinski definition) is 2. The summed E-state index contributed by atoms with van der Waals surface area (Å²) in [5, 5.41) is 3.27. The van der Waals surface area contributed by atoms with E-state index in [-0.39, 0.29) is 26.2 Å². The Morgan fingerprint density at radius 2 is 1.75 bits per heavy atom. The molecule has 0 atom stereocenters. The molecule has 4 rings (SSSR count). The minimum Gasteiger partial charge on any atom is -0.321 e. The summed E-state index contributed by atoms with van der Waals surface area (Å²) in [6.45, 7) is 0. The number of thiazole rings is 1. The summed E-state index contributed by atoms with van der Waals surface area (Å²) in [7, 11) is -3.93. The van der Waals surface area contributed by atoms with Gasteiger partial charge in [0.1, 0.15) is 15.7 Å². The Balaban J connectivity index is 1.53. The highest BCUT2D eigenvalue weighted by atomic mass is 35.5. The van der Waals surface area contributed by atoms with E-state index in [9.17, 15) is 17.6 Å². The Bertz CT molecular complexity index is 1410. The largest absolute Gasteiger partial charge is 0.321 e. The first-order valence-electron chi connectivity index (χ1n) is 9.23. The summed E-state index contributed by atoms with van der Waals surface area (Å²) in [6, 6.07) is 18.4. The molecule has 1 heterocycles. The van der Waals surface area contributed by atoms with E-state index in [0.29, 0.717) is 10.6 Å². The number of nitrogens with one attached hydrogen (secondary N) is 2. The van der Waals surface area contributed by atoms with E-state index in [4.69, 9.17) is 11.6 Å². The van der Waals surface area contributed by atoms with Crippen LogP contribution in [0.15, 0.2) is 83.9 Å². The standard InChI is InChI=1S/C22H15ClFN3O3S2/c23-17-9-2-4-11-19(17)27-32(29,30)15-7-5-6-14(12-15)26-21(28)20-13-25-22(31-20)16-8-1-3-10-18(16)24/h1-13,27H,(H,26,28). The van der Waals surface area contributed by atoms with Crippen molar-refractivity contribution in [3.63, 3.8) is 0 Å². The summed E-state index contributed by atoms with van der Waals surface area (Å²) < 4.78 is 41.8. The van der Waals surface area contributed by atoms with Crippen molar-refractivity contribution < 1.29 is 17.6 Å². The maximum Gasteiger partial charge on any atom is 0.267 e. The predicted octanol–water partition coefficient (Wildman–Crippen LogP) is 5.66. The van der Waals surface area contributed by atoms with Gasteiger partial charge in [-0.2, -0.15) is 0 Å². The van der Waals surface area contributed by atoms with Crippen LogP contribution in [0, 0.1) is 5.82 Å². The Kier molecular flexibility index (Phi) is 6.22. The molecule has 0 aliphatic rings. The first-order chi connectivity index (χ1) is 15.3. The summed E-state index contributed by atoms with van der Waals surface area (Å²) in [6.07, 6.45) is 1.35. The third-order valence-electron chi connectivity index (χ3n) is 4.35. The van der Waals surface area contributed by atoms with Gasteiger partial charge >= 0.3 is 0 Å². The highest BCUT2D eigenvalue weighted by Gasteiger charge is 2.18. The molecule has 1 amide bonds. The molecule has 2 N–H and O–H groups in total. The molecule has 0 radical (unpaired) electrons. The molecular weight excluding hydrogens is 473 g/mol. The van der Waals surface area contributed by atoms with E-state index in [1.807, 2.05) is 0 Å². The maximum atomic E-state index is 14.0. The molecule has 0 aliphatic carbocycles. The van der Waals surface area contributed by atoms with E-state index in [1.54, 1.807) is 48.5 Å². The van der Waals surface area contributed by atoms with Crippen molar-refractivity contribution in [2.24, 2.45) is 0 Å². The minimum atomic E-state index is -3.93. The number of halogens is 2. The molecule has 3 aromatic carbocycles. The Morgan fingerprint density at radius 3 is 2.53 bits per heavy atom.